The Hall–Kier alpha value is -2.15. The molecule has 0 aliphatic rings. The summed E-state index contributed by atoms with van der Waals surface area (Å²) in [5.41, 5.74) is 5.09. The summed E-state index contributed by atoms with van der Waals surface area (Å²) in [4.78, 5) is 4.48. The largest absolute Gasteiger partial charge is 0.261 e. The van der Waals surface area contributed by atoms with Gasteiger partial charge in [0.1, 0.15) is 0 Å². The molecular formula is C18H17N. The Labute approximate surface area is 113 Å². The standard InChI is InChI=1S/C18H17N/c1-13-6-5-9-19-18(13)12-15-10-14(2)17-8-4-3-7-16(17)11-15/h3-11H,12H2,1-2H3. The lowest BCUT2D eigenvalue weighted by molar-refractivity contribution is 1.04. The fraction of sp³-hybridized carbons (Fsp3) is 0.167. The van der Waals surface area contributed by atoms with Gasteiger partial charge >= 0.3 is 0 Å². The summed E-state index contributed by atoms with van der Waals surface area (Å²) in [6.07, 6.45) is 2.77. The van der Waals surface area contributed by atoms with Crippen LogP contribution in [0.1, 0.15) is 22.4 Å². The van der Waals surface area contributed by atoms with Gasteiger partial charge in [0.05, 0.1) is 0 Å². The zero-order chi connectivity index (χ0) is 13.2. The van der Waals surface area contributed by atoms with Crippen LogP contribution in [0, 0.1) is 13.8 Å². The Bertz CT molecular complexity index is 729. The van der Waals surface area contributed by atoms with Crippen LogP contribution in [0.25, 0.3) is 10.8 Å². The predicted molar refractivity (Wildman–Crippen MR) is 80.5 cm³/mol. The average Bonchev–Trinajstić information content (AvgIpc) is 2.42. The van der Waals surface area contributed by atoms with Gasteiger partial charge in [-0.3, -0.25) is 4.98 Å². The molecule has 1 heteroatoms. The van der Waals surface area contributed by atoms with E-state index in [2.05, 4.69) is 61.3 Å². The summed E-state index contributed by atoms with van der Waals surface area (Å²) in [5.74, 6) is 0. The highest BCUT2D eigenvalue weighted by Crippen LogP contribution is 2.22. The van der Waals surface area contributed by atoms with Crippen molar-refractivity contribution in [2.45, 2.75) is 20.3 Å². The van der Waals surface area contributed by atoms with E-state index in [9.17, 15) is 0 Å². The van der Waals surface area contributed by atoms with Crippen molar-refractivity contribution in [3.05, 3.63) is 77.1 Å². The molecule has 2 aromatic carbocycles. The number of nitrogens with zero attached hydrogens (tertiary/aromatic N) is 1. The molecule has 1 aromatic heterocycles. The van der Waals surface area contributed by atoms with Crippen LogP contribution in [0.5, 0.6) is 0 Å². The summed E-state index contributed by atoms with van der Waals surface area (Å²) < 4.78 is 0. The predicted octanol–water partition coefficient (Wildman–Crippen LogP) is 4.44. The second kappa shape index (κ2) is 4.85. The third kappa shape index (κ3) is 2.37. The molecule has 0 saturated carbocycles. The lowest BCUT2D eigenvalue weighted by Crippen LogP contribution is -1.96. The number of aromatic nitrogens is 1. The van der Waals surface area contributed by atoms with Crippen molar-refractivity contribution in [2.24, 2.45) is 0 Å². The minimum absolute atomic E-state index is 0.901. The number of rotatable bonds is 2. The van der Waals surface area contributed by atoms with E-state index in [1.54, 1.807) is 0 Å². The molecule has 94 valence electrons. The molecule has 0 unspecified atom stereocenters. The Balaban J connectivity index is 2.04. The molecule has 0 saturated heterocycles. The molecule has 0 spiro atoms. The fourth-order valence-electron chi connectivity index (χ4n) is 2.58. The van der Waals surface area contributed by atoms with Gasteiger partial charge in [0.15, 0.2) is 0 Å². The van der Waals surface area contributed by atoms with Crippen molar-refractivity contribution in [2.75, 3.05) is 0 Å². The van der Waals surface area contributed by atoms with E-state index in [0.717, 1.165) is 12.1 Å². The van der Waals surface area contributed by atoms with Gasteiger partial charge < -0.3 is 0 Å². The van der Waals surface area contributed by atoms with Crippen molar-refractivity contribution in [1.29, 1.82) is 0 Å². The van der Waals surface area contributed by atoms with Crippen molar-refractivity contribution in [1.82, 2.24) is 4.98 Å². The maximum Gasteiger partial charge on any atom is 0.0476 e. The minimum Gasteiger partial charge on any atom is -0.261 e. The van der Waals surface area contributed by atoms with E-state index in [-0.39, 0.29) is 0 Å². The highest BCUT2D eigenvalue weighted by atomic mass is 14.7. The summed E-state index contributed by atoms with van der Waals surface area (Å²) in [5, 5.41) is 2.65. The van der Waals surface area contributed by atoms with Crippen LogP contribution in [0.4, 0.5) is 0 Å². The Morgan fingerprint density at radius 2 is 1.74 bits per heavy atom. The van der Waals surface area contributed by atoms with E-state index < -0.39 is 0 Å². The SMILES string of the molecule is Cc1cccnc1Cc1cc(C)c2ccccc2c1. The molecule has 1 heterocycles. The maximum atomic E-state index is 4.48. The molecule has 0 amide bonds. The quantitative estimate of drug-likeness (QED) is 0.652. The first-order valence-electron chi connectivity index (χ1n) is 6.63. The molecule has 0 bridgehead atoms. The zero-order valence-electron chi connectivity index (χ0n) is 11.4. The molecule has 0 aliphatic carbocycles. The summed E-state index contributed by atoms with van der Waals surface area (Å²) in [7, 11) is 0. The lowest BCUT2D eigenvalue weighted by atomic mass is 9.98. The fourth-order valence-corrected chi connectivity index (χ4v) is 2.58. The van der Waals surface area contributed by atoms with Crippen LogP contribution in [0.3, 0.4) is 0 Å². The number of fused-ring (bicyclic) bond motifs is 1. The minimum atomic E-state index is 0.901. The Morgan fingerprint density at radius 3 is 2.58 bits per heavy atom. The van der Waals surface area contributed by atoms with Crippen LogP contribution >= 0.6 is 0 Å². The lowest BCUT2D eigenvalue weighted by Gasteiger charge is -2.08. The molecule has 0 N–H and O–H groups in total. The third-order valence-corrected chi connectivity index (χ3v) is 3.62. The van der Waals surface area contributed by atoms with Crippen molar-refractivity contribution < 1.29 is 0 Å². The third-order valence-electron chi connectivity index (χ3n) is 3.62. The van der Waals surface area contributed by atoms with E-state index in [1.807, 2.05) is 12.3 Å². The molecule has 1 nitrogen and oxygen atoms in total. The Kier molecular flexibility index (Phi) is 3.04. The van der Waals surface area contributed by atoms with Gasteiger partial charge in [-0.05, 0) is 47.4 Å². The van der Waals surface area contributed by atoms with E-state index in [1.165, 1.54) is 27.5 Å². The van der Waals surface area contributed by atoms with Crippen LogP contribution in [-0.4, -0.2) is 4.98 Å². The van der Waals surface area contributed by atoms with Crippen LogP contribution in [-0.2, 0) is 6.42 Å². The van der Waals surface area contributed by atoms with Gasteiger partial charge in [-0.1, -0.05) is 42.5 Å². The number of hydrogen-bond acceptors (Lipinski definition) is 1. The average molecular weight is 247 g/mol. The highest BCUT2D eigenvalue weighted by molar-refractivity contribution is 5.86. The van der Waals surface area contributed by atoms with E-state index in [0.29, 0.717) is 0 Å². The molecule has 0 radical (unpaired) electrons. The first kappa shape index (κ1) is 11.9. The second-order valence-electron chi connectivity index (χ2n) is 5.08. The molecule has 0 atom stereocenters. The normalized spacial score (nSPS) is 10.8. The Morgan fingerprint density at radius 1 is 0.895 bits per heavy atom. The van der Waals surface area contributed by atoms with Crippen LogP contribution in [0.15, 0.2) is 54.7 Å². The maximum absolute atomic E-state index is 4.48. The van der Waals surface area contributed by atoms with Crippen LogP contribution < -0.4 is 0 Å². The van der Waals surface area contributed by atoms with Gasteiger partial charge in [0.25, 0.3) is 0 Å². The van der Waals surface area contributed by atoms with E-state index >= 15 is 0 Å². The van der Waals surface area contributed by atoms with Gasteiger partial charge in [0.2, 0.25) is 0 Å². The molecule has 0 fully saturated rings. The van der Waals surface area contributed by atoms with Gasteiger partial charge in [-0.15, -0.1) is 0 Å². The first-order valence-corrected chi connectivity index (χ1v) is 6.63. The topological polar surface area (TPSA) is 12.9 Å². The number of pyridine rings is 1. The smallest absolute Gasteiger partial charge is 0.0476 e. The van der Waals surface area contributed by atoms with E-state index in [4.69, 9.17) is 0 Å². The highest BCUT2D eigenvalue weighted by Gasteiger charge is 2.04. The molecule has 19 heavy (non-hydrogen) atoms. The monoisotopic (exact) mass is 247 g/mol. The number of benzene rings is 2. The molecule has 3 rings (SSSR count). The van der Waals surface area contributed by atoms with Gasteiger partial charge in [-0.25, -0.2) is 0 Å². The van der Waals surface area contributed by atoms with Crippen molar-refractivity contribution in [3.8, 4) is 0 Å². The summed E-state index contributed by atoms with van der Waals surface area (Å²) >= 11 is 0. The summed E-state index contributed by atoms with van der Waals surface area (Å²) in [6.45, 7) is 4.30. The molecular weight excluding hydrogens is 230 g/mol. The van der Waals surface area contributed by atoms with Gasteiger partial charge in [-0.2, -0.15) is 0 Å². The van der Waals surface area contributed by atoms with Crippen LogP contribution in [0.2, 0.25) is 0 Å². The number of hydrogen-bond donors (Lipinski definition) is 0. The second-order valence-corrected chi connectivity index (χ2v) is 5.08. The summed E-state index contributed by atoms with van der Waals surface area (Å²) in [6, 6.07) is 17.2. The van der Waals surface area contributed by atoms with Crippen molar-refractivity contribution >= 4 is 10.8 Å². The molecule has 3 aromatic rings. The van der Waals surface area contributed by atoms with Crippen molar-refractivity contribution in [3.63, 3.8) is 0 Å². The first-order chi connectivity index (χ1) is 9.24. The van der Waals surface area contributed by atoms with Gasteiger partial charge in [0, 0.05) is 18.3 Å². The molecule has 0 aliphatic heterocycles. The number of aryl methyl sites for hydroxylation is 2. The zero-order valence-corrected chi connectivity index (χ0v) is 11.4.